The van der Waals surface area contributed by atoms with Crippen LogP contribution in [0.25, 0.3) is 0 Å². The predicted octanol–water partition coefficient (Wildman–Crippen LogP) is 3.72. The zero-order valence-electron chi connectivity index (χ0n) is 10.7. The minimum Gasteiger partial charge on any atom is -0.493 e. The number of ether oxygens (including phenoxy) is 2. The summed E-state index contributed by atoms with van der Waals surface area (Å²) in [5, 5.41) is -0.0465. The van der Waals surface area contributed by atoms with Gasteiger partial charge in [0.25, 0.3) is 0 Å². The Morgan fingerprint density at radius 2 is 2.22 bits per heavy atom. The topological polar surface area (TPSA) is 18.5 Å². The van der Waals surface area contributed by atoms with E-state index in [1.54, 1.807) is 0 Å². The first-order valence-corrected chi connectivity index (χ1v) is 7.20. The van der Waals surface area contributed by atoms with Gasteiger partial charge in [0.2, 0.25) is 0 Å². The van der Waals surface area contributed by atoms with Crippen molar-refractivity contribution in [3.8, 4) is 5.75 Å². The molecule has 3 rings (SSSR count). The fourth-order valence-corrected chi connectivity index (χ4v) is 3.29. The minimum absolute atomic E-state index is 0.0465. The smallest absolute Gasteiger partial charge is 0.122 e. The molecule has 0 spiro atoms. The number of alkyl halides is 1. The summed E-state index contributed by atoms with van der Waals surface area (Å²) in [4.78, 5) is 0. The van der Waals surface area contributed by atoms with Crippen molar-refractivity contribution >= 4 is 11.6 Å². The maximum absolute atomic E-state index is 6.58. The highest BCUT2D eigenvalue weighted by Gasteiger charge is 2.32. The van der Waals surface area contributed by atoms with Crippen LogP contribution < -0.4 is 4.74 Å². The maximum Gasteiger partial charge on any atom is 0.122 e. The normalized spacial score (nSPS) is 28.6. The molecule has 1 aromatic carbocycles. The molecule has 0 aliphatic carbocycles. The van der Waals surface area contributed by atoms with Gasteiger partial charge in [0, 0.05) is 6.61 Å². The van der Waals surface area contributed by atoms with Crippen molar-refractivity contribution < 1.29 is 9.47 Å². The molecule has 2 aliphatic heterocycles. The van der Waals surface area contributed by atoms with E-state index in [4.69, 9.17) is 21.1 Å². The van der Waals surface area contributed by atoms with E-state index in [0.29, 0.717) is 5.92 Å². The van der Waals surface area contributed by atoms with Crippen molar-refractivity contribution in [3.05, 3.63) is 29.3 Å². The Morgan fingerprint density at radius 3 is 3.00 bits per heavy atom. The highest BCUT2D eigenvalue weighted by Crippen LogP contribution is 2.37. The Bertz CT molecular complexity index is 433. The molecule has 2 aliphatic rings. The van der Waals surface area contributed by atoms with Crippen LogP contribution >= 0.6 is 11.6 Å². The van der Waals surface area contributed by atoms with Crippen LogP contribution in [-0.4, -0.2) is 19.3 Å². The fourth-order valence-electron chi connectivity index (χ4n) is 2.83. The van der Waals surface area contributed by atoms with Crippen LogP contribution in [0.3, 0.4) is 0 Å². The number of benzene rings is 1. The molecule has 0 bridgehead atoms. The fraction of sp³-hybridized carbons (Fsp3) is 0.600. The molecular formula is C15H19ClO2. The van der Waals surface area contributed by atoms with E-state index in [0.717, 1.165) is 38.2 Å². The van der Waals surface area contributed by atoms with E-state index in [-0.39, 0.29) is 11.5 Å². The Balaban J connectivity index is 1.83. The Labute approximate surface area is 113 Å². The Hall–Kier alpha value is -0.730. The molecule has 0 radical (unpaired) electrons. The molecule has 1 aromatic rings. The lowest BCUT2D eigenvalue weighted by Gasteiger charge is -2.23. The maximum atomic E-state index is 6.58. The Morgan fingerprint density at radius 1 is 1.33 bits per heavy atom. The molecule has 2 nitrogen and oxygen atoms in total. The highest BCUT2D eigenvalue weighted by molar-refractivity contribution is 6.21. The molecule has 2 heterocycles. The third kappa shape index (κ3) is 2.24. The first kappa shape index (κ1) is 12.3. The zero-order chi connectivity index (χ0) is 12.5. The molecule has 0 N–H and O–H groups in total. The number of halogens is 1. The van der Waals surface area contributed by atoms with Gasteiger partial charge in [0.15, 0.2) is 0 Å². The van der Waals surface area contributed by atoms with Crippen LogP contribution in [-0.2, 0) is 11.2 Å². The summed E-state index contributed by atoms with van der Waals surface area (Å²) in [6.07, 6.45) is 3.45. The number of hydrogen-bond donors (Lipinski definition) is 0. The molecule has 0 amide bonds. The van der Waals surface area contributed by atoms with Crippen molar-refractivity contribution in [3.63, 3.8) is 0 Å². The van der Waals surface area contributed by atoms with Gasteiger partial charge in [0.1, 0.15) is 5.75 Å². The van der Waals surface area contributed by atoms with Gasteiger partial charge in [-0.15, -0.1) is 11.6 Å². The lowest BCUT2D eigenvalue weighted by atomic mass is 9.94. The number of aryl methyl sites for hydroxylation is 1. The minimum atomic E-state index is -0.0465. The average molecular weight is 267 g/mol. The van der Waals surface area contributed by atoms with Crippen molar-refractivity contribution in [2.45, 2.75) is 37.7 Å². The van der Waals surface area contributed by atoms with E-state index >= 15 is 0 Å². The second-order valence-corrected chi connectivity index (χ2v) is 5.79. The van der Waals surface area contributed by atoms with E-state index in [1.165, 1.54) is 11.1 Å². The number of rotatable bonds is 2. The summed E-state index contributed by atoms with van der Waals surface area (Å²) in [6.45, 7) is 3.89. The van der Waals surface area contributed by atoms with Gasteiger partial charge < -0.3 is 9.47 Å². The molecule has 0 saturated carbocycles. The third-order valence-corrected chi connectivity index (χ3v) is 4.48. The molecule has 1 fully saturated rings. The second-order valence-electron chi connectivity index (χ2n) is 5.32. The van der Waals surface area contributed by atoms with E-state index < -0.39 is 0 Å². The van der Waals surface area contributed by atoms with Crippen LogP contribution in [0.15, 0.2) is 18.2 Å². The summed E-state index contributed by atoms with van der Waals surface area (Å²) >= 11 is 6.58. The molecule has 3 heteroatoms. The SMILES string of the molecule is CC1CCOC1C(Cl)c1ccc2c(c1)CCCO2. The van der Waals surface area contributed by atoms with Crippen molar-refractivity contribution in [2.24, 2.45) is 5.92 Å². The van der Waals surface area contributed by atoms with Crippen LogP contribution in [0, 0.1) is 5.92 Å². The third-order valence-electron chi connectivity index (χ3n) is 3.98. The summed E-state index contributed by atoms with van der Waals surface area (Å²) in [5.41, 5.74) is 2.45. The molecule has 18 heavy (non-hydrogen) atoms. The quantitative estimate of drug-likeness (QED) is 0.760. The standard InChI is InChI=1S/C15H19ClO2/c1-10-6-8-18-15(10)14(16)12-4-5-13-11(9-12)3-2-7-17-13/h4-5,9-10,14-15H,2-3,6-8H2,1H3. The van der Waals surface area contributed by atoms with Crippen molar-refractivity contribution in [1.29, 1.82) is 0 Å². The van der Waals surface area contributed by atoms with Gasteiger partial charge in [0.05, 0.1) is 18.1 Å². The van der Waals surface area contributed by atoms with Gasteiger partial charge >= 0.3 is 0 Å². The van der Waals surface area contributed by atoms with Gasteiger partial charge in [-0.05, 0) is 42.4 Å². The number of hydrogen-bond acceptors (Lipinski definition) is 2. The molecule has 3 atom stereocenters. The molecule has 98 valence electrons. The molecule has 3 unspecified atom stereocenters. The van der Waals surface area contributed by atoms with Gasteiger partial charge in [-0.2, -0.15) is 0 Å². The highest BCUT2D eigenvalue weighted by atomic mass is 35.5. The lowest BCUT2D eigenvalue weighted by Crippen LogP contribution is -2.20. The number of fused-ring (bicyclic) bond motifs is 1. The molecular weight excluding hydrogens is 248 g/mol. The zero-order valence-corrected chi connectivity index (χ0v) is 11.5. The van der Waals surface area contributed by atoms with Crippen LogP contribution in [0.4, 0.5) is 0 Å². The van der Waals surface area contributed by atoms with Crippen molar-refractivity contribution in [2.75, 3.05) is 13.2 Å². The summed E-state index contributed by atoms with van der Waals surface area (Å²) in [7, 11) is 0. The summed E-state index contributed by atoms with van der Waals surface area (Å²) in [6, 6.07) is 6.33. The molecule has 0 aromatic heterocycles. The van der Waals surface area contributed by atoms with Crippen LogP contribution in [0.5, 0.6) is 5.75 Å². The van der Waals surface area contributed by atoms with Crippen molar-refractivity contribution in [1.82, 2.24) is 0 Å². The van der Waals surface area contributed by atoms with Gasteiger partial charge in [-0.3, -0.25) is 0 Å². The lowest BCUT2D eigenvalue weighted by molar-refractivity contribution is 0.0903. The van der Waals surface area contributed by atoms with Gasteiger partial charge in [-0.25, -0.2) is 0 Å². The monoisotopic (exact) mass is 266 g/mol. The largest absolute Gasteiger partial charge is 0.493 e. The summed E-state index contributed by atoms with van der Waals surface area (Å²) in [5.74, 6) is 1.56. The first-order valence-electron chi connectivity index (χ1n) is 6.77. The Kier molecular flexibility index (Phi) is 3.49. The van der Waals surface area contributed by atoms with Crippen LogP contribution in [0.2, 0.25) is 0 Å². The molecule has 1 saturated heterocycles. The van der Waals surface area contributed by atoms with E-state index in [9.17, 15) is 0 Å². The first-order chi connectivity index (χ1) is 8.75. The summed E-state index contributed by atoms with van der Waals surface area (Å²) < 4.78 is 11.4. The average Bonchev–Trinajstić information content (AvgIpc) is 2.83. The van der Waals surface area contributed by atoms with E-state index in [1.807, 2.05) is 0 Å². The van der Waals surface area contributed by atoms with Crippen LogP contribution in [0.1, 0.15) is 36.3 Å². The predicted molar refractivity (Wildman–Crippen MR) is 72.4 cm³/mol. The van der Waals surface area contributed by atoms with Gasteiger partial charge in [-0.1, -0.05) is 19.1 Å². The second kappa shape index (κ2) is 5.10. The van der Waals surface area contributed by atoms with E-state index in [2.05, 4.69) is 25.1 Å².